The molecule has 0 aliphatic carbocycles. The number of pyridine rings is 1. The average Bonchev–Trinajstić information content (AvgIpc) is 2.34. The molecule has 0 aromatic carbocycles. The third-order valence-corrected chi connectivity index (χ3v) is 2.55. The molecule has 0 atom stereocenters. The number of hydrogen-bond donors (Lipinski definition) is 2. The number of aromatic nitrogens is 1. The van der Waals surface area contributed by atoms with E-state index in [2.05, 4.69) is 10.3 Å². The van der Waals surface area contributed by atoms with E-state index in [1.54, 1.807) is 30.4 Å². The summed E-state index contributed by atoms with van der Waals surface area (Å²) < 4.78 is 0. The van der Waals surface area contributed by atoms with Gasteiger partial charge in [-0.3, -0.25) is 9.78 Å². The van der Waals surface area contributed by atoms with Crippen molar-refractivity contribution >= 4 is 11.6 Å². The normalized spacial score (nSPS) is 10.4. The van der Waals surface area contributed by atoms with Gasteiger partial charge >= 0.3 is 0 Å². The number of amides is 1. The van der Waals surface area contributed by atoms with E-state index in [1.165, 1.54) is 0 Å². The number of rotatable bonds is 5. The van der Waals surface area contributed by atoms with E-state index in [9.17, 15) is 4.79 Å². The maximum Gasteiger partial charge on any atom is 0.257 e. The van der Waals surface area contributed by atoms with Gasteiger partial charge in [-0.15, -0.1) is 0 Å². The molecule has 1 amide bonds. The number of nitrogens with one attached hydrogen (secondary N) is 1. The van der Waals surface area contributed by atoms with Crippen molar-refractivity contribution in [3.63, 3.8) is 0 Å². The third kappa shape index (κ3) is 3.17. The summed E-state index contributed by atoms with van der Waals surface area (Å²) in [6, 6.07) is 1.80. The molecule has 0 fully saturated rings. The topological polar surface area (TPSA) is 65.5 Å². The summed E-state index contributed by atoms with van der Waals surface area (Å²) in [5, 5.41) is 11.9. The Bertz CT molecular complexity index is 380. The lowest BCUT2D eigenvalue weighted by atomic mass is 10.2. The Morgan fingerprint density at radius 2 is 2.29 bits per heavy atom. The second-order valence-corrected chi connectivity index (χ2v) is 3.99. The van der Waals surface area contributed by atoms with E-state index in [1.807, 2.05) is 13.8 Å². The summed E-state index contributed by atoms with van der Waals surface area (Å²) >= 11 is 0. The highest BCUT2D eigenvalue weighted by Gasteiger charge is 2.20. The molecule has 94 valence electrons. The van der Waals surface area contributed by atoms with Crippen LogP contribution in [-0.2, 0) is 0 Å². The number of anilines is 1. The highest BCUT2D eigenvalue weighted by molar-refractivity contribution is 5.99. The van der Waals surface area contributed by atoms with E-state index in [0.717, 1.165) is 5.69 Å². The summed E-state index contributed by atoms with van der Waals surface area (Å²) in [4.78, 5) is 17.9. The molecule has 0 bridgehead atoms. The number of hydrogen-bond acceptors (Lipinski definition) is 4. The van der Waals surface area contributed by atoms with Gasteiger partial charge in [0.1, 0.15) is 0 Å². The van der Waals surface area contributed by atoms with Crippen LogP contribution in [0.25, 0.3) is 0 Å². The van der Waals surface area contributed by atoms with Crippen LogP contribution >= 0.6 is 0 Å². The van der Waals surface area contributed by atoms with Gasteiger partial charge in [-0.2, -0.15) is 0 Å². The van der Waals surface area contributed by atoms with Crippen LogP contribution in [0.3, 0.4) is 0 Å². The van der Waals surface area contributed by atoms with Crippen LogP contribution in [0, 0.1) is 0 Å². The van der Waals surface area contributed by atoms with Crippen LogP contribution in [0.15, 0.2) is 18.5 Å². The molecule has 0 radical (unpaired) electrons. The molecule has 17 heavy (non-hydrogen) atoms. The van der Waals surface area contributed by atoms with Gasteiger partial charge < -0.3 is 15.3 Å². The van der Waals surface area contributed by atoms with Crippen molar-refractivity contribution in [3.05, 3.63) is 24.0 Å². The number of aliphatic hydroxyl groups is 1. The lowest BCUT2D eigenvalue weighted by molar-refractivity contribution is 0.0666. The minimum Gasteiger partial charge on any atom is -0.395 e. The standard InChI is InChI=1S/C12H19N3O2/c1-9(2)15(6-7-16)12(17)10-8-14-5-4-11(10)13-3/h4-5,8-9,16H,6-7H2,1-3H3,(H,13,14). The molecular formula is C12H19N3O2. The Kier molecular flexibility index (Phi) is 4.90. The zero-order valence-corrected chi connectivity index (χ0v) is 10.5. The van der Waals surface area contributed by atoms with Crippen LogP contribution in [-0.4, -0.2) is 47.1 Å². The summed E-state index contributed by atoms with van der Waals surface area (Å²) in [5.74, 6) is -0.119. The number of aliphatic hydroxyl groups excluding tert-OH is 1. The summed E-state index contributed by atoms with van der Waals surface area (Å²) in [5.41, 5.74) is 1.27. The van der Waals surface area contributed by atoms with Crippen LogP contribution in [0.4, 0.5) is 5.69 Å². The number of nitrogens with zero attached hydrogens (tertiary/aromatic N) is 2. The summed E-state index contributed by atoms with van der Waals surface area (Å²) in [7, 11) is 1.76. The minimum atomic E-state index is -0.119. The smallest absolute Gasteiger partial charge is 0.257 e. The first-order valence-corrected chi connectivity index (χ1v) is 5.65. The maximum atomic E-state index is 12.3. The molecule has 0 spiro atoms. The molecular weight excluding hydrogens is 218 g/mol. The summed E-state index contributed by atoms with van der Waals surface area (Å²) in [6.45, 7) is 4.12. The van der Waals surface area contributed by atoms with E-state index in [-0.39, 0.29) is 18.6 Å². The Balaban J connectivity index is 3.00. The van der Waals surface area contributed by atoms with Crippen molar-refractivity contribution in [1.29, 1.82) is 0 Å². The van der Waals surface area contributed by atoms with E-state index in [0.29, 0.717) is 12.1 Å². The van der Waals surface area contributed by atoms with Gasteiger partial charge in [0.15, 0.2) is 0 Å². The Hall–Kier alpha value is -1.62. The van der Waals surface area contributed by atoms with Gasteiger partial charge in [0.2, 0.25) is 0 Å². The second-order valence-electron chi connectivity index (χ2n) is 3.99. The maximum absolute atomic E-state index is 12.3. The molecule has 0 aliphatic rings. The van der Waals surface area contributed by atoms with Crippen LogP contribution in [0.5, 0.6) is 0 Å². The van der Waals surface area contributed by atoms with Gasteiger partial charge in [-0.25, -0.2) is 0 Å². The van der Waals surface area contributed by atoms with Gasteiger partial charge in [-0.05, 0) is 19.9 Å². The predicted molar refractivity (Wildman–Crippen MR) is 67.0 cm³/mol. The largest absolute Gasteiger partial charge is 0.395 e. The lowest BCUT2D eigenvalue weighted by Crippen LogP contribution is -2.39. The van der Waals surface area contributed by atoms with E-state index in [4.69, 9.17) is 5.11 Å². The Morgan fingerprint density at radius 1 is 1.59 bits per heavy atom. The third-order valence-electron chi connectivity index (χ3n) is 2.55. The molecule has 1 heterocycles. The SMILES string of the molecule is CNc1ccncc1C(=O)N(CCO)C(C)C. The van der Waals surface area contributed by atoms with E-state index >= 15 is 0 Å². The monoisotopic (exact) mass is 237 g/mol. The first-order chi connectivity index (χ1) is 8.11. The molecule has 5 nitrogen and oxygen atoms in total. The molecule has 1 aromatic rings. The molecule has 5 heteroatoms. The van der Waals surface area contributed by atoms with Crippen molar-refractivity contribution in [2.24, 2.45) is 0 Å². The van der Waals surface area contributed by atoms with Crippen molar-refractivity contribution in [2.75, 3.05) is 25.5 Å². The fourth-order valence-corrected chi connectivity index (χ4v) is 1.64. The minimum absolute atomic E-state index is 0.0413. The first kappa shape index (κ1) is 13.4. The highest BCUT2D eigenvalue weighted by atomic mass is 16.3. The zero-order valence-electron chi connectivity index (χ0n) is 10.5. The van der Waals surface area contributed by atoms with Crippen molar-refractivity contribution in [3.8, 4) is 0 Å². The quantitative estimate of drug-likeness (QED) is 0.800. The Morgan fingerprint density at radius 3 is 2.82 bits per heavy atom. The van der Waals surface area contributed by atoms with E-state index < -0.39 is 0 Å². The zero-order chi connectivity index (χ0) is 12.8. The molecule has 0 saturated carbocycles. The highest BCUT2D eigenvalue weighted by Crippen LogP contribution is 2.16. The first-order valence-electron chi connectivity index (χ1n) is 5.65. The van der Waals surface area contributed by atoms with Crippen molar-refractivity contribution in [2.45, 2.75) is 19.9 Å². The fourth-order valence-electron chi connectivity index (χ4n) is 1.64. The molecule has 0 unspecified atom stereocenters. The summed E-state index contributed by atoms with van der Waals surface area (Å²) in [6.07, 6.45) is 3.18. The van der Waals surface area contributed by atoms with Crippen LogP contribution in [0.2, 0.25) is 0 Å². The number of carbonyl (C=O) groups is 1. The fraction of sp³-hybridized carbons (Fsp3) is 0.500. The number of carbonyl (C=O) groups excluding carboxylic acids is 1. The van der Waals surface area contributed by atoms with Gasteiger partial charge in [-0.1, -0.05) is 0 Å². The van der Waals surface area contributed by atoms with Crippen molar-refractivity contribution < 1.29 is 9.90 Å². The molecule has 1 aromatic heterocycles. The molecule has 1 rings (SSSR count). The van der Waals surface area contributed by atoms with Crippen molar-refractivity contribution in [1.82, 2.24) is 9.88 Å². The Labute approximate surface area is 101 Å². The average molecular weight is 237 g/mol. The van der Waals surface area contributed by atoms with Gasteiger partial charge in [0.25, 0.3) is 5.91 Å². The molecule has 0 aliphatic heterocycles. The van der Waals surface area contributed by atoms with Crippen LogP contribution in [0.1, 0.15) is 24.2 Å². The van der Waals surface area contributed by atoms with Gasteiger partial charge in [0, 0.05) is 37.7 Å². The predicted octanol–water partition coefficient (Wildman–Crippen LogP) is 0.966. The lowest BCUT2D eigenvalue weighted by Gasteiger charge is -2.26. The second kappa shape index (κ2) is 6.20. The van der Waals surface area contributed by atoms with Gasteiger partial charge in [0.05, 0.1) is 12.2 Å². The molecule has 2 N–H and O–H groups in total. The molecule has 0 saturated heterocycles. The van der Waals surface area contributed by atoms with Crippen LogP contribution < -0.4 is 5.32 Å².